The van der Waals surface area contributed by atoms with Gasteiger partial charge in [-0.2, -0.15) is 0 Å². The zero-order valence-electron chi connectivity index (χ0n) is 9.51. The number of halogens is 1. The largest absolute Gasteiger partial charge is 0.505 e. The Morgan fingerprint density at radius 3 is 2.39 bits per heavy atom. The molecule has 0 amide bonds. The molecule has 3 N–H and O–H groups in total. The summed E-state index contributed by atoms with van der Waals surface area (Å²) in [5, 5.41) is 28.1. The van der Waals surface area contributed by atoms with Crippen LogP contribution in [-0.4, -0.2) is 27.2 Å². The molecule has 1 aromatic carbocycles. The first-order chi connectivity index (χ1) is 8.41. The Labute approximate surface area is 109 Å². The topological polar surface area (TPSA) is 77.8 Å². The zero-order valence-corrected chi connectivity index (χ0v) is 10.3. The lowest BCUT2D eigenvalue weighted by Gasteiger charge is -2.07. The van der Waals surface area contributed by atoms with Gasteiger partial charge < -0.3 is 15.3 Å². The molecule has 0 spiro atoms. The highest BCUT2D eigenvalue weighted by Crippen LogP contribution is 2.13. The smallest absolute Gasteiger partial charge is 0.191 e. The molecule has 96 valence electrons. The van der Waals surface area contributed by atoms with Gasteiger partial charge in [0.2, 0.25) is 0 Å². The highest BCUT2D eigenvalue weighted by Gasteiger charge is 2.16. The summed E-state index contributed by atoms with van der Waals surface area (Å²) in [5.41, 5.74) is 0.322. The number of aliphatic hydroxyl groups is 3. The number of aliphatic hydroxyl groups excluding tert-OH is 3. The van der Waals surface area contributed by atoms with Gasteiger partial charge in [-0.25, -0.2) is 0 Å². The molecule has 0 fully saturated rings. The molecule has 0 bridgehead atoms. The molecule has 4 nitrogen and oxygen atoms in total. The number of Topliss-reactive ketones (excluding diaryl/α,β-unsaturated/α-hetero) is 1. The fourth-order valence-corrected chi connectivity index (χ4v) is 1.38. The van der Waals surface area contributed by atoms with Crippen molar-refractivity contribution in [2.45, 2.75) is 12.5 Å². The van der Waals surface area contributed by atoms with E-state index in [1.807, 2.05) is 0 Å². The lowest BCUT2D eigenvalue weighted by molar-refractivity contribution is 0.0751. The second-order valence-corrected chi connectivity index (χ2v) is 4.10. The first-order valence-corrected chi connectivity index (χ1v) is 5.55. The van der Waals surface area contributed by atoms with Gasteiger partial charge in [-0.3, -0.25) is 4.79 Å². The van der Waals surface area contributed by atoms with Gasteiger partial charge in [0.05, 0.1) is 0 Å². The predicted octanol–water partition coefficient (Wildman–Crippen LogP) is 2.79. The Hall–Kier alpha value is -1.78. The fourth-order valence-electron chi connectivity index (χ4n) is 1.25. The Bertz CT molecular complexity index is 476. The van der Waals surface area contributed by atoms with Gasteiger partial charge in [0.15, 0.2) is 11.5 Å². The molecule has 5 heteroatoms. The summed E-state index contributed by atoms with van der Waals surface area (Å²) in [6, 6.07) is 6.10. The second kappa shape index (κ2) is 6.23. The number of hydrogen-bond donors (Lipinski definition) is 3. The van der Waals surface area contributed by atoms with Crippen molar-refractivity contribution in [3.8, 4) is 0 Å². The van der Waals surface area contributed by atoms with E-state index in [1.54, 1.807) is 12.1 Å². The van der Waals surface area contributed by atoms with E-state index in [2.05, 4.69) is 6.58 Å². The van der Waals surface area contributed by atoms with Crippen molar-refractivity contribution in [3.63, 3.8) is 0 Å². The zero-order chi connectivity index (χ0) is 13.7. The highest BCUT2D eigenvalue weighted by molar-refractivity contribution is 6.30. The SMILES string of the molecule is C=C(O)/C(O)=C/CC(O)C(=O)c1ccc(Cl)cc1. The average molecular weight is 269 g/mol. The molecule has 1 aromatic rings. The van der Waals surface area contributed by atoms with Crippen LogP contribution < -0.4 is 0 Å². The number of ketones is 1. The lowest BCUT2D eigenvalue weighted by Crippen LogP contribution is -2.19. The van der Waals surface area contributed by atoms with Crippen LogP contribution in [-0.2, 0) is 0 Å². The van der Waals surface area contributed by atoms with Gasteiger partial charge in [-0.1, -0.05) is 18.2 Å². The van der Waals surface area contributed by atoms with Gasteiger partial charge in [-0.05, 0) is 30.3 Å². The highest BCUT2D eigenvalue weighted by atomic mass is 35.5. The molecule has 0 saturated carbocycles. The van der Waals surface area contributed by atoms with E-state index in [0.29, 0.717) is 10.6 Å². The molecule has 18 heavy (non-hydrogen) atoms. The third-order valence-electron chi connectivity index (χ3n) is 2.26. The summed E-state index contributed by atoms with van der Waals surface area (Å²) in [4.78, 5) is 11.7. The van der Waals surface area contributed by atoms with E-state index in [-0.39, 0.29) is 6.42 Å². The molecule has 0 saturated heterocycles. The molecule has 0 heterocycles. The third kappa shape index (κ3) is 3.91. The standard InChI is InChI=1S/C13H13ClO4/c1-8(15)11(16)6-7-12(17)13(18)9-2-4-10(14)5-3-9/h2-6,12,15-17H,1,7H2/b11-6-. The Balaban J connectivity index is 2.70. The monoisotopic (exact) mass is 268 g/mol. The van der Waals surface area contributed by atoms with Gasteiger partial charge in [0.25, 0.3) is 0 Å². The number of rotatable bonds is 5. The van der Waals surface area contributed by atoms with Crippen molar-refractivity contribution in [1.82, 2.24) is 0 Å². The Morgan fingerprint density at radius 1 is 1.33 bits per heavy atom. The second-order valence-electron chi connectivity index (χ2n) is 3.66. The van der Waals surface area contributed by atoms with E-state index in [4.69, 9.17) is 21.8 Å². The minimum Gasteiger partial charge on any atom is -0.505 e. The molecule has 1 atom stereocenters. The predicted molar refractivity (Wildman–Crippen MR) is 68.9 cm³/mol. The van der Waals surface area contributed by atoms with E-state index in [0.717, 1.165) is 6.08 Å². The summed E-state index contributed by atoms with van der Waals surface area (Å²) in [6.07, 6.45) is -0.291. The number of hydrogen-bond acceptors (Lipinski definition) is 4. The maximum Gasteiger partial charge on any atom is 0.191 e. The minimum atomic E-state index is -1.30. The van der Waals surface area contributed by atoms with E-state index in [9.17, 15) is 9.90 Å². The van der Waals surface area contributed by atoms with Crippen molar-refractivity contribution in [3.05, 3.63) is 59.0 Å². The molecule has 0 radical (unpaired) electrons. The molecule has 1 unspecified atom stereocenters. The Kier molecular flexibility index (Phi) is 4.95. The van der Waals surface area contributed by atoms with Crippen molar-refractivity contribution in [1.29, 1.82) is 0 Å². The molecule has 0 aliphatic rings. The molecule has 0 aromatic heterocycles. The normalized spacial score (nSPS) is 13.1. The minimum absolute atomic E-state index is 0.118. The van der Waals surface area contributed by atoms with Gasteiger partial charge in [0, 0.05) is 17.0 Å². The molecule has 0 aliphatic carbocycles. The summed E-state index contributed by atoms with van der Waals surface area (Å²) in [7, 11) is 0. The van der Waals surface area contributed by atoms with Crippen LogP contribution in [0.3, 0.4) is 0 Å². The summed E-state index contributed by atoms with van der Waals surface area (Å²) >= 11 is 5.68. The van der Waals surface area contributed by atoms with Crippen LogP contribution in [0, 0.1) is 0 Å². The maximum atomic E-state index is 11.7. The maximum absolute atomic E-state index is 11.7. The van der Waals surface area contributed by atoms with Gasteiger partial charge >= 0.3 is 0 Å². The van der Waals surface area contributed by atoms with Crippen LogP contribution in [0.5, 0.6) is 0 Å². The van der Waals surface area contributed by atoms with Crippen LogP contribution in [0.2, 0.25) is 5.02 Å². The summed E-state index contributed by atoms with van der Waals surface area (Å²) in [6.45, 7) is 3.10. The van der Waals surface area contributed by atoms with Crippen LogP contribution in [0.1, 0.15) is 16.8 Å². The van der Waals surface area contributed by atoms with Crippen LogP contribution in [0.15, 0.2) is 48.4 Å². The first-order valence-electron chi connectivity index (χ1n) is 5.17. The summed E-state index contributed by atoms with van der Waals surface area (Å²) in [5.74, 6) is -1.46. The molecular weight excluding hydrogens is 256 g/mol. The van der Waals surface area contributed by atoms with Crippen molar-refractivity contribution < 1.29 is 20.1 Å². The number of carbonyl (C=O) groups excluding carboxylic acids is 1. The summed E-state index contributed by atoms with van der Waals surface area (Å²) < 4.78 is 0. The van der Waals surface area contributed by atoms with Gasteiger partial charge in [-0.15, -0.1) is 0 Å². The van der Waals surface area contributed by atoms with E-state index < -0.39 is 23.4 Å². The molecule has 0 aliphatic heterocycles. The molecule has 1 rings (SSSR count). The molecular formula is C13H13ClO4. The van der Waals surface area contributed by atoms with Crippen LogP contribution >= 0.6 is 11.6 Å². The van der Waals surface area contributed by atoms with Crippen LogP contribution in [0.4, 0.5) is 0 Å². The van der Waals surface area contributed by atoms with Crippen molar-refractivity contribution >= 4 is 17.4 Å². The number of carbonyl (C=O) groups is 1. The third-order valence-corrected chi connectivity index (χ3v) is 2.51. The van der Waals surface area contributed by atoms with Crippen LogP contribution in [0.25, 0.3) is 0 Å². The number of benzene rings is 1. The quantitative estimate of drug-likeness (QED) is 0.436. The first kappa shape index (κ1) is 14.3. The average Bonchev–Trinajstić information content (AvgIpc) is 2.35. The van der Waals surface area contributed by atoms with E-state index >= 15 is 0 Å². The Morgan fingerprint density at radius 2 is 1.89 bits per heavy atom. The fraction of sp³-hybridized carbons (Fsp3) is 0.154. The van der Waals surface area contributed by atoms with Crippen molar-refractivity contribution in [2.75, 3.05) is 0 Å². The van der Waals surface area contributed by atoms with E-state index in [1.165, 1.54) is 12.1 Å². The lowest BCUT2D eigenvalue weighted by atomic mass is 10.0. The van der Waals surface area contributed by atoms with Gasteiger partial charge in [0.1, 0.15) is 11.9 Å². The van der Waals surface area contributed by atoms with Crippen molar-refractivity contribution in [2.24, 2.45) is 0 Å².